The minimum Gasteiger partial charge on any atom is -0.497 e. The van der Waals surface area contributed by atoms with Gasteiger partial charge >= 0.3 is 6.09 Å². The van der Waals surface area contributed by atoms with Crippen molar-refractivity contribution in [2.75, 3.05) is 40.5 Å². The van der Waals surface area contributed by atoms with E-state index < -0.39 is 12.2 Å². The Morgan fingerprint density at radius 2 is 1.74 bits per heavy atom. The molecule has 4 aromatic rings. The first-order chi connectivity index (χ1) is 24.3. The molecule has 11 nitrogen and oxygen atoms in total. The van der Waals surface area contributed by atoms with Crippen LogP contribution in [-0.2, 0) is 38.8 Å². The van der Waals surface area contributed by atoms with Crippen molar-refractivity contribution < 1.29 is 28.5 Å². The maximum Gasteiger partial charge on any atom is 0.409 e. The van der Waals surface area contributed by atoms with E-state index in [9.17, 15) is 9.59 Å². The highest BCUT2D eigenvalue weighted by Gasteiger charge is 2.32. The number of aromatic nitrogens is 3. The smallest absolute Gasteiger partial charge is 0.409 e. The first-order valence-corrected chi connectivity index (χ1v) is 17.4. The molecule has 3 aromatic carbocycles. The zero-order valence-corrected chi connectivity index (χ0v) is 29.4. The van der Waals surface area contributed by atoms with Gasteiger partial charge in [-0.05, 0) is 53.3 Å². The largest absolute Gasteiger partial charge is 0.497 e. The van der Waals surface area contributed by atoms with Gasteiger partial charge in [-0.2, -0.15) is 0 Å². The molecule has 3 atom stereocenters. The number of nitrogens with zero attached hydrogens (tertiary/aromatic N) is 5. The number of likely N-dealkylation sites (N-methyl/N-ethyl adjacent to an activating group) is 1. The molecule has 0 N–H and O–H groups in total. The topological polar surface area (TPSA) is 108 Å². The van der Waals surface area contributed by atoms with E-state index in [1.54, 1.807) is 29.9 Å². The summed E-state index contributed by atoms with van der Waals surface area (Å²) < 4.78 is 25.6. The van der Waals surface area contributed by atoms with Gasteiger partial charge in [0.15, 0.2) is 0 Å². The van der Waals surface area contributed by atoms with E-state index in [1.165, 1.54) is 11.1 Å². The molecule has 2 aliphatic rings. The fourth-order valence-corrected chi connectivity index (χ4v) is 6.86. The van der Waals surface area contributed by atoms with Gasteiger partial charge in [-0.25, -0.2) is 9.48 Å². The summed E-state index contributed by atoms with van der Waals surface area (Å²) in [6.45, 7) is 6.69. The van der Waals surface area contributed by atoms with Crippen molar-refractivity contribution in [3.8, 4) is 16.9 Å². The molecule has 2 heterocycles. The number of benzene rings is 3. The van der Waals surface area contributed by atoms with Crippen LogP contribution in [-0.4, -0.2) is 89.4 Å². The Balaban J connectivity index is 1.12. The fourth-order valence-electron chi connectivity index (χ4n) is 6.86. The SMILES string of the molecule is COc1ccc(COC[C@@H](C)N2C[C@H](C)[C@H](CN(C)C(=O)OCC3c4ccccc4-c4ccccc43)OCc3cnnn3CCCC2=O)cc1. The number of amides is 2. The fraction of sp³-hybridized carbons (Fsp3) is 0.436. The monoisotopic (exact) mass is 681 g/mol. The minimum absolute atomic E-state index is 0.0305. The van der Waals surface area contributed by atoms with E-state index in [0.717, 1.165) is 28.1 Å². The van der Waals surface area contributed by atoms with Crippen molar-refractivity contribution in [2.45, 2.75) is 64.5 Å². The summed E-state index contributed by atoms with van der Waals surface area (Å²) in [7, 11) is 3.37. The third kappa shape index (κ3) is 8.17. The summed E-state index contributed by atoms with van der Waals surface area (Å²) in [5.41, 5.74) is 6.55. The van der Waals surface area contributed by atoms with Gasteiger partial charge in [0.2, 0.25) is 5.91 Å². The maximum atomic E-state index is 13.7. The average Bonchev–Trinajstić information content (AvgIpc) is 3.72. The molecule has 0 fully saturated rings. The Kier molecular flexibility index (Phi) is 11.5. The molecule has 11 heteroatoms. The molecule has 1 aliphatic carbocycles. The van der Waals surface area contributed by atoms with E-state index in [-0.39, 0.29) is 43.5 Å². The third-order valence-electron chi connectivity index (χ3n) is 9.76. The van der Waals surface area contributed by atoms with Crippen molar-refractivity contribution in [2.24, 2.45) is 5.92 Å². The number of rotatable bonds is 10. The standard InChI is InChI=1S/C39H47N5O6/c1-27-21-43(28(2)23-48-24-29-15-17-31(47-4)18-16-29)38(45)14-9-19-44-30(20-40-41-44)25-49-37(27)22-42(3)39(46)50-26-36-34-12-7-5-10-32(34)33-11-6-8-13-35(33)36/h5-8,10-13,15-18,20,27-28,36-37H,9,14,19,21-26H2,1-4H3/t27-,28+,37-/m0/s1. The Morgan fingerprint density at radius 1 is 1.04 bits per heavy atom. The van der Waals surface area contributed by atoms with Gasteiger partial charge in [-0.3, -0.25) is 4.79 Å². The van der Waals surface area contributed by atoms with Crippen LogP contribution in [0.3, 0.4) is 0 Å². The molecule has 0 saturated carbocycles. The lowest BCUT2D eigenvalue weighted by molar-refractivity contribution is -0.137. The molecular formula is C39H47N5O6. The molecular weight excluding hydrogens is 634 g/mol. The van der Waals surface area contributed by atoms with Crippen molar-refractivity contribution in [3.63, 3.8) is 0 Å². The van der Waals surface area contributed by atoms with Crippen LogP contribution in [0.2, 0.25) is 0 Å². The van der Waals surface area contributed by atoms with E-state index >= 15 is 0 Å². The van der Waals surface area contributed by atoms with Gasteiger partial charge in [0.25, 0.3) is 0 Å². The molecule has 264 valence electrons. The van der Waals surface area contributed by atoms with Crippen LogP contribution in [0.15, 0.2) is 79.0 Å². The van der Waals surface area contributed by atoms with E-state index in [2.05, 4.69) is 41.5 Å². The van der Waals surface area contributed by atoms with Crippen molar-refractivity contribution in [1.82, 2.24) is 24.8 Å². The molecule has 0 saturated heterocycles. The number of ether oxygens (including phenoxy) is 4. The van der Waals surface area contributed by atoms with Crippen LogP contribution in [0.1, 0.15) is 55.0 Å². The predicted octanol–water partition coefficient (Wildman–Crippen LogP) is 5.92. The van der Waals surface area contributed by atoms with Crippen molar-refractivity contribution in [3.05, 3.63) is 101 Å². The molecule has 6 rings (SSSR count). The zero-order valence-electron chi connectivity index (χ0n) is 29.4. The summed E-state index contributed by atoms with van der Waals surface area (Å²) in [5.74, 6) is 0.691. The van der Waals surface area contributed by atoms with Crippen LogP contribution < -0.4 is 4.74 Å². The zero-order chi connectivity index (χ0) is 35.0. The molecule has 1 aliphatic heterocycles. The van der Waals surface area contributed by atoms with E-state index in [0.29, 0.717) is 39.1 Å². The summed E-state index contributed by atoms with van der Waals surface area (Å²) in [5, 5.41) is 8.30. The Bertz CT molecular complexity index is 1700. The van der Waals surface area contributed by atoms with Gasteiger partial charge in [-0.15, -0.1) is 5.10 Å². The highest BCUT2D eigenvalue weighted by molar-refractivity contribution is 5.79. The number of carbonyl (C=O) groups excluding carboxylic acids is 2. The van der Waals surface area contributed by atoms with Gasteiger partial charge in [0.1, 0.15) is 12.4 Å². The lowest BCUT2D eigenvalue weighted by atomic mass is 9.98. The van der Waals surface area contributed by atoms with Gasteiger partial charge < -0.3 is 28.7 Å². The van der Waals surface area contributed by atoms with Crippen molar-refractivity contribution >= 4 is 12.0 Å². The predicted molar refractivity (Wildman–Crippen MR) is 189 cm³/mol. The second-order valence-corrected chi connectivity index (χ2v) is 13.3. The summed E-state index contributed by atoms with van der Waals surface area (Å²) in [6, 6.07) is 24.2. The number of carbonyl (C=O) groups is 2. The quantitative estimate of drug-likeness (QED) is 0.203. The first-order valence-electron chi connectivity index (χ1n) is 17.4. The number of fused-ring (bicyclic) bond motifs is 4. The normalized spacial score (nSPS) is 18.6. The first kappa shape index (κ1) is 35.1. The number of hydrogen-bond acceptors (Lipinski definition) is 8. The van der Waals surface area contributed by atoms with Crippen molar-refractivity contribution in [1.29, 1.82) is 0 Å². The second kappa shape index (κ2) is 16.3. The van der Waals surface area contributed by atoms with Gasteiger partial charge in [-0.1, -0.05) is 72.8 Å². The molecule has 0 spiro atoms. The number of methoxy groups -OCH3 is 1. The highest BCUT2D eigenvalue weighted by Crippen LogP contribution is 2.44. The molecule has 50 heavy (non-hydrogen) atoms. The van der Waals surface area contributed by atoms with E-state index in [4.69, 9.17) is 18.9 Å². The average molecular weight is 682 g/mol. The van der Waals surface area contributed by atoms with Crippen LogP contribution >= 0.6 is 0 Å². The van der Waals surface area contributed by atoms with Crippen LogP contribution in [0.25, 0.3) is 11.1 Å². The number of aryl methyl sites for hydroxylation is 1. The molecule has 0 unspecified atom stereocenters. The lowest BCUT2D eigenvalue weighted by Gasteiger charge is -2.36. The van der Waals surface area contributed by atoms with Crippen LogP contribution in [0.5, 0.6) is 5.75 Å². The Morgan fingerprint density at radius 3 is 2.44 bits per heavy atom. The summed E-state index contributed by atoms with van der Waals surface area (Å²) in [4.78, 5) is 30.6. The van der Waals surface area contributed by atoms with Crippen LogP contribution in [0, 0.1) is 5.92 Å². The van der Waals surface area contributed by atoms with E-state index in [1.807, 2.05) is 60.4 Å². The molecule has 2 amide bonds. The van der Waals surface area contributed by atoms with Gasteiger partial charge in [0.05, 0.1) is 57.5 Å². The molecule has 1 aromatic heterocycles. The minimum atomic E-state index is -0.422. The Hall–Kier alpha value is -4.74. The Labute approximate surface area is 294 Å². The summed E-state index contributed by atoms with van der Waals surface area (Å²) >= 11 is 0. The van der Waals surface area contributed by atoms with Gasteiger partial charge in [0, 0.05) is 38.4 Å². The molecule has 0 radical (unpaired) electrons. The third-order valence-corrected chi connectivity index (χ3v) is 9.76. The summed E-state index contributed by atoms with van der Waals surface area (Å²) in [6.07, 6.45) is 1.88. The second-order valence-electron chi connectivity index (χ2n) is 13.3. The number of hydrogen-bond donors (Lipinski definition) is 0. The maximum absolute atomic E-state index is 13.7. The van der Waals surface area contributed by atoms with Crippen LogP contribution in [0.4, 0.5) is 4.79 Å². The highest BCUT2D eigenvalue weighted by atomic mass is 16.6. The molecule has 0 bridgehead atoms. The lowest BCUT2D eigenvalue weighted by Crippen LogP contribution is -2.48.